The minimum absolute atomic E-state index is 0.00558. The van der Waals surface area contributed by atoms with Gasteiger partial charge in [-0.1, -0.05) is 30.3 Å². The number of aliphatic carboxylic acids is 2. The number of carbonyl (C=O) groups excluding carboxylic acids is 6. The van der Waals surface area contributed by atoms with Gasteiger partial charge in [0.05, 0.1) is 60.5 Å². The third-order valence-electron chi connectivity index (χ3n) is 14.6. The maximum absolute atomic E-state index is 14.1. The number of nitrogens with two attached hydrogens (primary N) is 1. The number of aromatic nitrogens is 4. The zero-order valence-electron chi connectivity index (χ0n) is 46.1. The first kappa shape index (κ1) is 62.3. The molecule has 1 aliphatic heterocycles. The van der Waals surface area contributed by atoms with Crippen molar-refractivity contribution in [1.29, 1.82) is 0 Å². The molecule has 3 heterocycles. The maximum atomic E-state index is 14.1. The second-order valence-corrected chi connectivity index (χ2v) is 22.4. The molecule has 1 fully saturated rings. The lowest BCUT2D eigenvalue weighted by molar-refractivity contribution is -0.249. The quantitative estimate of drug-likeness (QED) is 0.0201. The number of ketones is 3. The molecule has 31 heteroatoms. The number of nitrogens with zero attached hydrogens (tertiary/aromatic N) is 3. The molecule has 3 amide bonds. The van der Waals surface area contributed by atoms with Crippen LogP contribution in [0.1, 0.15) is 110 Å². The van der Waals surface area contributed by atoms with Crippen molar-refractivity contribution in [1.82, 2.24) is 40.6 Å². The first-order chi connectivity index (χ1) is 41.4. The van der Waals surface area contributed by atoms with Crippen molar-refractivity contribution in [3.8, 4) is 17.2 Å². The number of aliphatic hydroxyl groups excluding tert-OH is 1. The van der Waals surface area contributed by atoms with Crippen LogP contribution in [0, 0.1) is 0 Å². The van der Waals surface area contributed by atoms with Crippen LogP contribution in [0.15, 0.2) is 82.6 Å². The fraction of sp³-hybridized carbons (Fsp3) is 0.321. The first-order valence-corrected chi connectivity index (χ1v) is 28.7. The Morgan fingerprint density at radius 3 is 2.37 bits per heavy atom. The Balaban J connectivity index is 0.759. The highest BCUT2D eigenvalue weighted by atomic mass is 33.1. The van der Waals surface area contributed by atoms with Crippen molar-refractivity contribution in [2.75, 3.05) is 18.2 Å². The summed E-state index contributed by atoms with van der Waals surface area (Å²) in [5, 5.41) is 76.5. The number of H-pyrrole nitrogens is 1. The molecule has 0 spiro atoms. The van der Waals surface area contributed by atoms with Crippen molar-refractivity contribution >= 4 is 91.8 Å². The number of rotatable bonds is 22. The predicted octanol–water partition coefficient (Wildman–Crippen LogP) is 2.65. The van der Waals surface area contributed by atoms with Crippen LogP contribution >= 0.6 is 21.8 Å². The SMILES string of the molecule is COc1cccc2c1C(=O)c1c(O)c3c(c(O)c1C2=O)C[C@@](O)(C(C)=O)CC3OC1CC(NC(=O)OCc2ccccc2SSNC(NC(=O)CCC(NC(=O)c2ccc(NCc3cnc4nc(N)[nH]c(=O)c4n3)cc2)C(=O)O)C(=O)O)C(O)C(C)O1. The van der Waals surface area contributed by atoms with Crippen LogP contribution in [0.3, 0.4) is 0 Å². The number of carboxylic acid groups (broad SMARTS) is 2. The summed E-state index contributed by atoms with van der Waals surface area (Å²) in [5.74, 6) is -8.54. The van der Waals surface area contributed by atoms with E-state index in [1.165, 1.54) is 50.6 Å². The zero-order valence-corrected chi connectivity index (χ0v) is 47.8. The van der Waals surface area contributed by atoms with E-state index in [9.17, 15) is 73.8 Å². The normalized spacial score (nSPS) is 20.2. The number of anilines is 2. The van der Waals surface area contributed by atoms with Crippen LogP contribution in [0.2, 0.25) is 0 Å². The largest absolute Gasteiger partial charge is 0.507 e. The first-order valence-electron chi connectivity index (χ1n) is 26.6. The highest BCUT2D eigenvalue weighted by molar-refractivity contribution is 8.76. The number of aromatic amines is 1. The molecular formula is C56H56N10O19S2. The van der Waals surface area contributed by atoms with Gasteiger partial charge in [-0.3, -0.25) is 33.8 Å². The maximum Gasteiger partial charge on any atom is 0.407 e. The molecule has 0 saturated carbocycles. The number of methoxy groups -OCH3 is 1. The fourth-order valence-corrected chi connectivity index (χ4v) is 12.0. The molecule has 87 heavy (non-hydrogen) atoms. The number of aromatic hydroxyl groups is 2. The Bertz CT molecular complexity index is 3820. The number of nitrogen functional groups attached to an aromatic ring is 1. The molecule has 0 radical (unpaired) electrons. The van der Waals surface area contributed by atoms with E-state index in [-0.39, 0.29) is 70.3 Å². The summed E-state index contributed by atoms with van der Waals surface area (Å²) in [5.41, 5.74) is 2.57. The van der Waals surface area contributed by atoms with Crippen LogP contribution in [0.4, 0.5) is 16.4 Å². The highest BCUT2D eigenvalue weighted by Crippen LogP contribution is 2.52. The Hall–Kier alpha value is -9.24. The van der Waals surface area contributed by atoms with Crippen LogP contribution in [0.25, 0.3) is 11.2 Å². The van der Waals surface area contributed by atoms with Gasteiger partial charge in [-0.15, -0.1) is 0 Å². The molecule has 9 rings (SSSR count). The number of phenols is 2. The average molecular weight is 1240 g/mol. The van der Waals surface area contributed by atoms with Gasteiger partial charge in [0.25, 0.3) is 11.5 Å². The number of carbonyl (C=O) groups is 8. The van der Waals surface area contributed by atoms with Gasteiger partial charge in [0.1, 0.15) is 41.6 Å². The number of aliphatic hydroxyl groups is 2. The molecule has 2 aromatic heterocycles. The second kappa shape index (κ2) is 26.2. The van der Waals surface area contributed by atoms with Gasteiger partial charge < -0.3 is 76.6 Å². The van der Waals surface area contributed by atoms with Gasteiger partial charge in [-0.05, 0) is 78.4 Å². The minimum Gasteiger partial charge on any atom is -0.507 e. The van der Waals surface area contributed by atoms with E-state index in [1.54, 1.807) is 36.4 Å². The number of hydrogen-bond acceptors (Lipinski definition) is 25. The second-order valence-electron chi connectivity index (χ2n) is 20.3. The predicted molar refractivity (Wildman–Crippen MR) is 306 cm³/mol. The molecule has 4 aromatic carbocycles. The topological polar surface area (TPSA) is 453 Å². The molecule has 0 bridgehead atoms. The Morgan fingerprint density at radius 1 is 0.920 bits per heavy atom. The molecular weight excluding hydrogens is 1180 g/mol. The van der Waals surface area contributed by atoms with Crippen LogP contribution in [-0.2, 0) is 53.0 Å². The van der Waals surface area contributed by atoms with E-state index in [1.807, 2.05) is 0 Å². The van der Waals surface area contributed by atoms with Crippen LogP contribution in [0.5, 0.6) is 17.2 Å². The summed E-state index contributed by atoms with van der Waals surface area (Å²) < 4.78 is 25.7. The number of phenolic OH excluding ortho intramolecular Hbond substituents is 2. The van der Waals surface area contributed by atoms with Gasteiger partial charge >= 0.3 is 18.0 Å². The van der Waals surface area contributed by atoms with E-state index < -0.39 is 150 Å². The van der Waals surface area contributed by atoms with Crippen molar-refractivity contribution in [3.63, 3.8) is 0 Å². The average Bonchev–Trinajstić information content (AvgIpc) is 0.733. The third-order valence-corrected chi connectivity index (χ3v) is 16.7. The summed E-state index contributed by atoms with van der Waals surface area (Å²) in [6.45, 7) is 2.38. The van der Waals surface area contributed by atoms with Gasteiger partial charge in [0.15, 0.2) is 35.2 Å². The molecule has 1 saturated heterocycles. The summed E-state index contributed by atoms with van der Waals surface area (Å²) in [7, 11) is 3.08. The lowest BCUT2D eigenvalue weighted by Crippen LogP contribution is -2.55. The molecule has 6 aromatic rings. The van der Waals surface area contributed by atoms with E-state index in [4.69, 9.17) is 24.7 Å². The van der Waals surface area contributed by atoms with Crippen molar-refractivity contribution in [2.24, 2.45) is 0 Å². The monoisotopic (exact) mass is 1240 g/mol. The number of alkyl carbamates (subject to hydrolysis) is 1. The molecule has 29 nitrogen and oxygen atoms in total. The van der Waals surface area contributed by atoms with Gasteiger partial charge in [0, 0.05) is 64.1 Å². The molecule has 7 unspecified atom stereocenters. The molecule has 3 aliphatic rings. The number of hydrogen-bond donors (Lipinski definition) is 13. The number of amides is 3. The van der Waals surface area contributed by atoms with Crippen LogP contribution in [-0.4, -0.2) is 147 Å². The summed E-state index contributed by atoms with van der Waals surface area (Å²) >= 11 is 0. The third kappa shape index (κ3) is 13.6. The molecule has 8 atom stereocenters. The van der Waals surface area contributed by atoms with E-state index >= 15 is 0 Å². The smallest absolute Gasteiger partial charge is 0.407 e. The standard InChI is InChI=1S/C56H56N10O19S2/c1-23-43(69)32(17-37(84-23)85-34-19-56(81,24(2)67)18-30-39(34)47(73)41-40(45(30)71)44(70)29-8-6-9-33(82-3)38(29)46(41)72)62-55(80)83-22-26-7-4-5-10-35(26)86-87-66-49(53(78)79)63-36(68)16-15-31(52(76)77)61-50(74)25-11-13-27(14-12-25)58-20-28-21-59-48-42(60-28)51(75)65-54(57)64-48/h4-14,21,23,31-32,34,37,43,49,58,66,69,71,73,81H,15-20,22H2,1-3H3,(H,61,74)(H,62,80)(H,63,68)(H,76,77)(H,78,79)(H3,57,59,64,65,75)/t23?,31?,32?,34?,37?,43?,49?,56-/m0/s1. The van der Waals surface area contributed by atoms with Gasteiger partial charge in [-0.25, -0.2) is 29.1 Å². The molecule has 456 valence electrons. The Kier molecular flexibility index (Phi) is 18.7. The number of carboxylic acids is 2. The molecule has 2 aliphatic carbocycles. The van der Waals surface area contributed by atoms with E-state index in [0.717, 1.165) is 28.7 Å². The summed E-state index contributed by atoms with van der Waals surface area (Å²) in [6, 6.07) is 14.1. The summed E-state index contributed by atoms with van der Waals surface area (Å²) in [4.78, 5) is 132. The van der Waals surface area contributed by atoms with E-state index in [2.05, 4.69) is 45.9 Å². The van der Waals surface area contributed by atoms with Gasteiger partial charge in [0.2, 0.25) is 17.6 Å². The number of Topliss-reactive ketones (excluding diaryl/α,β-unsaturated/α-hetero) is 1. The Labute approximate surface area is 499 Å². The van der Waals surface area contributed by atoms with E-state index in [0.29, 0.717) is 21.8 Å². The van der Waals surface area contributed by atoms with Crippen molar-refractivity contribution < 1.29 is 87.9 Å². The lowest BCUT2D eigenvalue weighted by atomic mass is 9.72. The number of nitrogens with one attached hydrogen (secondary N) is 6. The summed E-state index contributed by atoms with van der Waals surface area (Å²) in [6.07, 6.45) is -8.74. The van der Waals surface area contributed by atoms with Crippen molar-refractivity contribution in [2.45, 2.75) is 112 Å². The lowest BCUT2D eigenvalue weighted by Gasteiger charge is -2.42. The number of benzene rings is 4. The Morgan fingerprint density at radius 2 is 1.66 bits per heavy atom. The van der Waals surface area contributed by atoms with Gasteiger partial charge in [-0.2, -0.15) is 4.98 Å². The zero-order chi connectivity index (χ0) is 62.6. The number of ether oxygens (including phenoxy) is 4. The minimum atomic E-state index is -2.20. The highest BCUT2D eigenvalue weighted by Gasteiger charge is 2.50. The fourth-order valence-electron chi connectivity index (χ4n) is 10.1. The number of fused-ring (bicyclic) bond motifs is 4. The van der Waals surface area contributed by atoms with Crippen LogP contribution < -0.4 is 42.0 Å². The van der Waals surface area contributed by atoms with Crippen molar-refractivity contribution in [3.05, 3.63) is 133 Å². The molecule has 14 N–H and O–H groups in total.